The molecular formula is C12H14N2O3. The second kappa shape index (κ2) is 4.95. The number of methoxy groups -OCH3 is 1. The minimum Gasteiger partial charge on any atom is -0.469 e. The molecule has 2 heterocycles. The van der Waals surface area contributed by atoms with Crippen LogP contribution in [0.5, 0.6) is 0 Å². The molecule has 0 saturated carbocycles. The van der Waals surface area contributed by atoms with Gasteiger partial charge in [-0.05, 0) is 18.6 Å². The first-order valence-electron chi connectivity index (χ1n) is 5.48. The Labute approximate surface area is 99.4 Å². The molecular weight excluding hydrogens is 220 g/mol. The number of carbonyl (C=O) groups excluding carboxylic acids is 2. The maximum atomic E-state index is 11.4. The van der Waals surface area contributed by atoms with Crippen LogP contribution >= 0.6 is 0 Å². The number of nitrogens with zero attached hydrogens (tertiary/aromatic N) is 2. The molecule has 1 atom stereocenters. The zero-order valence-corrected chi connectivity index (χ0v) is 9.63. The van der Waals surface area contributed by atoms with Gasteiger partial charge in [0, 0.05) is 24.8 Å². The van der Waals surface area contributed by atoms with E-state index in [0.717, 1.165) is 25.1 Å². The molecule has 0 aliphatic carbocycles. The third kappa shape index (κ3) is 2.43. The van der Waals surface area contributed by atoms with Gasteiger partial charge in [-0.3, -0.25) is 9.59 Å². The van der Waals surface area contributed by atoms with Gasteiger partial charge in [-0.25, -0.2) is 4.98 Å². The van der Waals surface area contributed by atoms with E-state index < -0.39 is 0 Å². The number of ether oxygens (including phenoxy) is 1. The summed E-state index contributed by atoms with van der Waals surface area (Å²) in [4.78, 5) is 28.1. The van der Waals surface area contributed by atoms with Crippen molar-refractivity contribution in [2.75, 3.05) is 25.1 Å². The van der Waals surface area contributed by atoms with E-state index >= 15 is 0 Å². The normalized spacial score (nSPS) is 19.1. The molecule has 5 nitrogen and oxygen atoms in total. The molecule has 0 aromatic carbocycles. The average molecular weight is 234 g/mol. The van der Waals surface area contributed by atoms with Crippen molar-refractivity contribution in [2.24, 2.45) is 5.92 Å². The van der Waals surface area contributed by atoms with Gasteiger partial charge in [0.25, 0.3) is 0 Å². The molecule has 2 rings (SSSR count). The number of rotatable bonds is 3. The van der Waals surface area contributed by atoms with Crippen LogP contribution in [0.15, 0.2) is 18.3 Å². The minimum atomic E-state index is -0.169. The first kappa shape index (κ1) is 11.6. The van der Waals surface area contributed by atoms with E-state index in [-0.39, 0.29) is 11.9 Å². The Morgan fingerprint density at radius 3 is 3.00 bits per heavy atom. The van der Waals surface area contributed by atoms with Crippen LogP contribution in [0, 0.1) is 5.92 Å². The minimum absolute atomic E-state index is 0.0763. The number of anilines is 1. The smallest absolute Gasteiger partial charge is 0.310 e. The van der Waals surface area contributed by atoms with Gasteiger partial charge in [-0.1, -0.05) is 0 Å². The van der Waals surface area contributed by atoms with Gasteiger partial charge < -0.3 is 9.64 Å². The molecule has 0 N–H and O–H groups in total. The highest BCUT2D eigenvalue weighted by Crippen LogP contribution is 2.22. The molecule has 1 aliphatic heterocycles. The van der Waals surface area contributed by atoms with E-state index in [1.54, 1.807) is 12.1 Å². The molecule has 0 amide bonds. The van der Waals surface area contributed by atoms with Gasteiger partial charge in [0.15, 0.2) is 6.29 Å². The van der Waals surface area contributed by atoms with E-state index in [9.17, 15) is 9.59 Å². The van der Waals surface area contributed by atoms with Gasteiger partial charge in [0.1, 0.15) is 5.82 Å². The van der Waals surface area contributed by atoms with Crippen LogP contribution in [0.25, 0.3) is 0 Å². The van der Waals surface area contributed by atoms with Crippen molar-refractivity contribution in [3.05, 3.63) is 23.9 Å². The number of hydrogen-bond donors (Lipinski definition) is 0. The molecule has 90 valence electrons. The van der Waals surface area contributed by atoms with Crippen LogP contribution < -0.4 is 4.90 Å². The molecule has 0 bridgehead atoms. The second-order valence-electron chi connectivity index (χ2n) is 4.02. The topological polar surface area (TPSA) is 59.5 Å². The molecule has 5 heteroatoms. The van der Waals surface area contributed by atoms with Crippen molar-refractivity contribution in [1.82, 2.24) is 4.98 Å². The van der Waals surface area contributed by atoms with Crippen LogP contribution in [-0.4, -0.2) is 37.4 Å². The lowest BCUT2D eigenvalue weighted by Crippen LogP contribution is -2.24. The molecule has 1 saturated heterocycles. The largest absolute Gasteiger partial charge is 0.469 e. The van der Waals surface area contributed by atoms with Crippen molar-refractivity contribution in [1.29, 1.82) is 0 Å². The zero-order chi connectivity index (χ0) is 12.3. The van der Waals surface area contributed by atoms with E-state index in [1.807, 2.05) is 4.90 Å². The first-order valence-corrected chi connectivity index (χ1v) is 5.48. The quantitative estimate of drug-likeness (QED) is 0.574. The summed E-state index contributed by atoms with van der Waals surface area (Å²) in [6, 6.07) is 3.52. The highest BCUT2D eigenvalue weighted by Gasteiger charge is 2.29. The highest BCUT2D eigenvalue weighted by molar-refractivity contribution is 5.75. The molecule has 1 aromatic rings. The fraction of sp³-hybridized carbons (Fsp3) is 0.417. The van der Waals surface area contributed by atoms with E-state index in [1.165, 1.54) is 13.3 Å². The molecule has 17 heavy (non-hydrogen) atoms. The lowest BCUT2D eigenvalue weighted by molar-refractivity contribution is -0.144. The summed E-state index contributed by atoms with van der Waals surface area (Å²) in [5.74, 6) is 0.548. The molecule has 0 radical (unpaired) electrons. The van der Waals surface area contributed by atoms with Gasteiger partial charge >= 0.3 is 5.97 Å². The summed E-state index contributed by atoms with van der Waals surface area (Å²) >= 11 is 0. The fourth-order valence-corrected chi connectivity index (χ4v) is 1.98. The monoisotopic (exact) mass is 234 g/mol. The summed E-state index contributed by atoms with van der Waals surface area (Å²) in [5.41, 5.74) is 0.553. The Morgan fingerprint density at radius 2 is 2.41 bits per heavy atom. The Hall–Kier alpha value is -1.91. The van der Waals surface area contributed by atoms with E-state index in [0.29, 0.717) is 12.1 Å². The number of hydrogen-bond acceptors (Lipinski definition) is 5. The lowest BCUT2D eigenvalue weighted by Gasteiger charge is -2.16. The summed E-state index contributed by atoms with van der Waals surface area (Å²) in [7, 11) is 1.40. The van der Waals surface area contributed by atoms with Crippen LogP contribution in [0.2, 0.25) is 0 Å². The van der Waals surface area contributed by atoms with E-state index in [4.69, 9.17) is 4.74 Å². The first-order chi connectivity index (χ1) is 8.24. The molecule has 1 aromatic heterocycles. The molecule has 1 aliphatic rings. The summed E-state index contributed by atoms with van der Waals surface area (Å²) in [5, 5.41) is 0. The number of aromatic nitrogens is 1. The third-order valence-electron chi connectivity index (χ3n) is 2.95. The number of carbonyl (C=O) groups is 2. The van der Waals surface area contributed by atoms with Crippen molar-refractivity contribution < 1.29 is 14.3 Å². The van der Waals surface area contributed by atoms with Crippen LogP contribution in [0.4, 0.5) is 5.82 Å². The fourth-order valence-electron chi connectivity index (χ4n) is 1.98. The average Bonchev–Trinajstić information content (AvgIpc) is 2.87. The molecule has 1 unspecified atom stereocenters. The predicted octanol–water partition coefficient (Wildman–Crippen LogP) is 0.893. The summed E-state index contributed by atoms with van der Waals surface area (Å²) in [6.07, 6.45) is 3.08. The maximum absolute atomic E-state index is 11.4. The standard InChI is InChI=1S/C12H14N2O3/c1-17-12(16)10-4-5-14(7-10)11-3-2-9(8-15)6-13-11/h2-3,6,8,10H,4-5,7H2,1H3. The Bertz CT molecular complexity index is 416. The van der Waals surface area contributed by atoms with Crippen molar-refractivity contribution in [2.45, 2.75) is 6.42 Å². The second-order valence-corrected chi connectivity index (χ2v) is 4.02. The van der Waals surface area contributed by atoms with Crippen molar-refractivity contribution >= 4 is 18.1 Å². The Morgan fingerprint density at radius 1 is 1.59 bits per heavy atom. The summed E-state index contributed by atoms with van der Waals surface area (Å²) in [6.45, 7) is 1.41. The molecule has 1 fully saturated rings. The van der Waals surface area contributed by atoms with Crippen LogP contribution in [0.3, 0.4) is 0 Å². The van der Waals surface area contributed by atoms with Gasteiger partial charge in [0.05, 0.1) is 13.0 Å². The van der Waals surface area contributed by atoms with Crippen LogP contribution in [0.1, 0.15) is 16.8 Å². The number of aldehydes is 1. The third-order valence-corrected chi connectivity index (χ3v) is 2.95. The van der Waals surface area contributed by atoms with E-state index in [2.05, 4.69) is 4.98 Å². The lowest BCUT2D eigenvalue weighted by atomic mass is 10.1. The SMILES string of the molecule is COC(=O)C1CCN(c2ccc(C=O)cn2)C1. The van der Waals surface area contributed by atoms with Crippen LogP contribution in [-0.2, 0) is 9.53 Å². The highest BCUT2D eigenvalue weighted by atomic mass is 16.5. The maximum Gasteiger partial charge on any atom is 0.310 e. The number of pyridine rings is 1. The zero-order valence-electron chi connectivity index (χ0n) is 9.63. The predicted molar refractivity (Wildman–Crippen MR) is 62.0 cm³/mol. The van der Waals surface area contributed by atoms with Gasteiger partial charge in [-0.15, -0.1) is 0 Å². The molecule has 0 spiro atoms. The van der Waals surface area contributed by atoms with Crippen molar-refractivity contribution in [3.8, 4) is 0 Å². The van der Waals surface area contributed by atoms with Crippen molar-refractivity contribution in [3.63, 3.8) is 0 Å². The van der Waals surface area contributed by atoms with Gasteiger partial charge in [-0.2, -0.15) is 0 Å². The Balaban J connectivity index is 2.04. The number of esters is 1. The summed E-state index contributed by atoms with van der Waals surface area (Å²) < 4.78 is 4.72. The Kier molecular flexibility index (Phi) is 3.37. The van der Waals surface area contributed by atoms with Gasteiger partial charge in [0.2, 0.25) is 0 Å².